The Morgan fingerprint density at radius 2 is 2.25 bits per heavy atom. The maximum atomic E-state index is 9.59. The summed E-state index contributed by atoms with van der Waals surface area (Å²) in [6, 6.07) is 2.12. The quantitative estimate of drug-likeness (QED) is 0.147. The van der Waals surface area contributed by atoms with Gasteiger partial charge in [0.15, 0.2) is 6.54 Å². The van der Waals surface area contributed by atoms with Crippen LogP contribution in [-0.2, 0) is 4.33 Å². The van der Waals surface area contributed by atoms with Crippen molar-refractivity contribution >= 4 is 12.0 Å². The number of nitrogens with zero attached hydrogens (tertiary/aromatic N) is 2. The first-order valence-corrected chi connectivity index (χ1v) is 4.64. The average molecular weight is 190 g/mol. The lowest BCUT2D eigenvalue weighted by Crippen LogP contribution is -2.40. The minimum atomic E-state index is 0.503. The number of hydrogen-bond donors (Lipinski definition) is 0. The maximum absolute atomic E-state index is 9.59. The van der Waals surface area contributed by atoms with Crippen molar-refractivity contribution in [1.29, 1.82) is 5.26 Å². The third-order valence-electron chi connectivity index (χ3n) is 1.54. The molecule has 0 spiro atoms. The van der Waals surface area contributed by atoms with Crippen LogP contribution in [0.25, 0.3) is 0 Å². The monoisotopic (exact) mass is 190 g/mol. The van der Waals surface area contributed by atoms with E-state index in [4.69, 9.17) is 5.26 Å². The summed E-state index contributed by atoms with van der Waals surface area (Å²) in [5.41, 5.74) is 0. The molecule has 0 aliphatic rings. The fourth-order valence-corrected chi connectivity index (χ4v) is 1.17. The molecule has 5 heteroatoms. The normalized spacial score (nSPS) is 11.2. The summed E-state index contributed by atoms with van der Waals surface area (Å²) in [6.07, 6.45) is 0.890. The summed E-state index contributed by atoms with van der Waals surface area (Å²) in [7, 11) is 3.98. The van der Waals surface area contributed by atoms with Gasteiger partial charge in [-0.3, -0.25) is 0 Å². The lowest BCUT2D eigenvalue weighted by Gasteiger charge is -2.26. The third-order valence-corrected chi connectivity index (χ3v) is 2.09. The van der Waals surface area contributed by atoms with Gasteiger partial charge in [-0.05, 0) is 12.0 Å². The predicted molar refractivity (Wildman–Crippen MR) is 45.6 cm³/mol. The lowest BCUT2D eigenvalue weighted by atomic mass is 10.4. The molecule has 0 heterocycles. The van der Waals surface area contributed by atoms with Crippen LogP contribution in [0.5, 0.6) is 0 Å². The van der Waals surface area contributed by atoms with E-state index in [1.807, 2.05) is 14.1 Å². The van der Waals surface area contributed by atoms with Crippen LogP contribution in [0.1, 0.15) is 6.42 Å². The van der Waals surface area contributed by atoms with E-state index >= 15 is 0 Å². The van der Waals surface area contributed by atoms with E-state index in [-0.39, 0.29) is 0 Å². The molecule has 0 saturated carbocycles. The van der Waals surface area contributed by atoms with Gasteiger partial charge in [0, 0.05) is 12.2 Å². The molecule has 0 bridgehead atoms. The molecule has 0 atom stereocenters. The van der Waals surface area contributed by atoms with Crippen LogP contribution in [0.4, 0.5) is 0 Å². The molecule has 0 aliphatic heterocycles. The van der Waals surface area contributed by atoms with Crippen molar-refractivity contribution < 1.29 is 14.1 Å². The van der Waals surface area contributed by atoms with Gasteiger partial charge in [-0.15, -0.1) is 0 Å². The Morgan fingerprint density at radius 1 is 1.58 bits per heavy atom. The van der Waals surface area contributed by atoms with Gasteiger partial charge in [-0.25, -0.2) is 0 Å². The first-order valence-electron chi connectivity index (χ1n) is 3.73. The Hall–Kier alpha value is -0.280. The van der Waals surface area contributed by atoms with Crippen molar-refractivity contribution in [3.63, 3.8) is 0 Å². The molecule has 0 amide bonds. The van der Waals surface area contributed by atoms with Crippen LogP contribution in [-0.4, -0.2) is 37.4 Å². The highest BCUT2D eigenvalue weighted by atomic mass is 32.2. The molecular formula is C7H14N2O2S. The minimum absolute atomic E-state index is 0.503. The zero-order valence-electron chi connectivity index (χ0n) is 7.45. The molecule has 0 N–H and O–H groups in total. The van der Waals surface area contributed by atoms with Crippen LogP contribution >= 0.6 is 12.0 Å². The van der Waals surface area contributed by atoms with Crippen LogP contribution in [0.15, 0.2) is 0 Å². The van der Waals surface area contributed by atoms with Crippen molar-refractivity contribution in [3.05, 3.63) is 0 Å². The van der Waals surface area contributed by atoms with E-state index in [1.165, 1.54) is 0 Å². The highest BCUT2D eigenvalue weighted by Crippen LogP contribution is 2.04. The van der Waals surface area contributed by atoms with Gasteiger partial charge in [0.25, 0.3) is 0 Å². The minimum Gasteiger partial charge on any atom is -0.711 e. The molecule has 70 valence electrons. The molecule has 0 aliphatic carbocycles. The topological polar surface area (TPSA) is 56.1 Å². The van der Waals surface area contributed by atoms with Gasteiger partial charge in [-0.2, -0.15) is 5.26 Å². The second-order valence-corrected chi connectivity index (χ2v) is 4.00. The summed E-state index contributed by atoms with van der Waals surface area (Å²) in [5, 5.41) is 18.0. The number of nitriles is 1. The Labute approximate surface area is 77.5 Å². The Bertz CT molecular complexity index is 156. The van der Waals surface area contributed by atoms with E-state index in [1.54, 1.807) is 0 Å². The van der Waals surface area contributed by atoms with Crippen LogP contribution in [0.2, 0.25) is 0 Å². The second-order valence-electron chi connectivity index (χ2n) is 3.22. The Morgan fingerprint density at radius 3 is 2.75 bits per heavy atom. The highest BCUT2D eigenvalue weighted by Gasteiger charge is 2.12. The molecule has 0 saturated heterocycles. The van der Waals surface area contributed by atoms with Crippen molar-refractivity contribution in [2.24, 2.45) is 0 Å². The average Bonchev–Trinajstić information content (AvgIpc) is 1.98. The fourth-order valence-electron chi connectivity index (χ4n) is 0.856. The van der Waals surface area contributed by atoms with Crippen molar-refractivity contribution in [2.45, 2.75) is 6.42 Å². The number of hydrogen-bond acceptors (Lipinski definition) is 4. The van der Waals surface area contributed by atoms with Crippen LogP contribution < -0.4 is 5.26 Å². The fraction of sp³-hybridized carbons (Fsp3) is 0.857. The van der Waals surface area contributed by atoms with Gasteiger partial charge in [0.2, 0.25) is 0 Å². The van der Waals surface area contributed by atoms with E-state index < -0.39 is 0 Å². The number of rotatable bonds is 6. The smallest absolute Gasteiger partial charge is 0.166 e. The highest BCUT2D eigenvalue weighted by molar-refractivity contribution is 7.94. The number of quaternary nitrogens is 1. The SMILES string of the molecule is C[N+](C)(CC#N)CCCSO[O-]. The van der Waals surface area contributed by atoms with Gasteiger partial charge in [-0.1, -0.05) is 0 Å². The first kappa shape index (κ1) is 11.7. The van der Waals surface area contributed by atoms with E-state index in [2.05, 4.69) is 10.4 Å². The van der Waals surface area contributed by atoms with Crippen LogP contribution in [0, 0.1) is 11.3 Å². The molecule has 0 aromatic heterocycles. The van der Waals surface area contributed by atoms with Crippen LogP contribution in [0.3, 0.4) is 0 Å². The van der Waals surface area contributed by atoms with Gasteiger partial charge in [0.05, 0.1) is 20.6 Å². The molecule has 0 radical (unpaired) electrons. The molecule has 12 heavy (non-hydrogen) atoms. The van der Waals surface area contributed by atoms with E-state index in [0.717, 1.165) is 25.0 Å². The summed E-state index contributed by atoms with van der Waals surface area (Å²) in [4.78, 5) is 0. The maximum Gasteiger partial charge on any atom is 0.166 e. The third kappa shape index (κ3) is 6.43. The summed E-state index contributed by atoms with van der Waals surface area (Å²) < 4.78 is 4.29. The molecule has 0 rings (SSSR count). The van der Waals surface area contributed by atoms with Gasteiger partial charge < -0.3 is 14.1 Å². The predicted octanol–water partition coefficient (Wildman–Crippen LogP) is -0.0834. The Kier molecular flexibility index (Phi) is 6.11. The van der Waals surface area contributed by atoms with Crippen molar-refractivity contribution in [3.8, 4) is 6.07 Å². The molecule has 0 aromatic carbocycles. The summed E-state index contributed by atoms with van der Waals surface area (Å²) in [5.74, 6) is 0.691. The van der Waals surface area contributed by atoms with Crippen molar-refractivity contribution in [2.75, 3.05) is 32.9 Å². The van der Waals surface area contributed by atoms with Gasteiger partial charge >= 0.3 is 0 Å². The summed E-state index contributed by atoms with van der Waals surface area (Å²) in [6.45, 7) is 1.40. The van der Waals surface area contributed by atoms with E-state index in [9.17, 15) is 5.26 Å². The molecule has 0 fully saturated rings. The zero-order valence-corrected chi connectivity index (χ0v) is 8.26. The molecule has 0 unspecified atom stereocenters. The van der Waals surface area contributed by atoms with Gasteiger partial charge in [0.1, 0.15) is 6.07 Å². The summed E-state index contributed by atoms with van der Waals surface area (Å²) >= 11 is 0.918. The molecule has 4 nitrogen and oxygen atoms in total. The molecule has 0 aromatic rings. The second kappa shape index (κ2) is 6.26. The standard InChI is InChI=1S/C7H14N2O2S/c1-9(2,6-4-8)5-3-7-12-11-10/h3,5-7H2,1-2H3. The molecular weight excluding hydrogens is 176 g/mol. The zero-order chi connectivity index (χ0) is 9.45. The van der Waals surface area contributed by atoms with Crippen molar-refractivity contribution in [1.82, 2.24) is 0 Å². The largest absolute Gasteiger partial charge is 0.711 e. The Balaban J connectivity index is 3.42. The van der Waals surface area contributed by atoms with E-state index in [0.29, 0.717) is 16.8 Å². The lowest BCUT2D eigenvalue weighted by molar-refractivity contribution is -0.883. The first-order chi connectivity index (χ1) is 5.62.